The number of ether oxygens (including phenoxy) is 1. The molecule has 1 saturated heterocycles. The molecule has 13 heteroatoms. The molecule has 12 nitrogen and oxygen atoms in total. The summed E-state index contributed by atoms with van der Waals surface area (Å²) in [7, 11) is -0.591. The lowest BCUT2D eigenvalue weighted by Crippen LogP contribution is -2.57. The van der Waals surface area contributed by atoms with Gasteiger partial charge >= 0.3 is 6.09 Å². The summed E-state index contributed by atoms with van der Waals surface area (Å²) in [5, 5.41) is 12.1. The summed E-state index contributed by atoms with van der Waals surface area (Å²) in [6, 6.07) is 14.9. The number of likely N-dealkylation sites (N-methyl/N-ethyl adjacent to an activating group) is 1. The van der Waals surface area contributed by atoms with Crippen LogP contribution < -0.4 is 9.74 Å². The van der Waals surface area contributed by atoms with Gasteiger partial charge in [0.25, 0.3) is 0 Å². The van der Waals surface area contributed by atoms with Crippen LogP contribution in [0, 0.1) is 5.92 Å². The van der Waals surface area contributed by atoms with Crippen LogP contribution in [0.2, 0.25) is 18.1 Å². The van der Waals surface area contributed by atoms with Crippen LogP contribution in [0.25, 0.3) is 0 Å². The Balaban J connectivity index is 1.28. The van der Waals surface area contributed by atoms with Gasteiger partial charge in [-0.05, 0) is 74.4 Å². The topological polar surface area (TPSA) is 136 Å². The lowest BCUT2D eigenvalue weighted by Gasteiger charge is -2.36. The number of amides is 3. The molecule has 280 valence electrons. The number of nitrogens with zero attached hydrogens (tertiary/aromatic N) is 5. The van der Waals surface area contributed by atoms with E-state index in [0.717, 1.165) is 44.1 Å². The monoisotopic (exact) mass is 730 g/mol. The Labute approximate surface area is 308 Å². The Morgan fingerprint density at radius 3 is 2.38 bits per heavy atom. The first-order valence-corrected chi connectivity index (χ1v) is 21.4. The first-order valence-electron chi connectivity index (χ1n) is 18.5. The van der Waals surface area contributed by atoms with E-state index >= 15 is 0 Å². The molecule has 1 N–H and O–H groups in total. The van der Waals surface area contributed by atoms with E-state index in [2.05, 4.69) is 49.4 Å². The van der Waals surface area contributed by atoms with E-state index in [1.165, 1.54) is 22.9 Å². The summed E-state index contributed by atoms with van der Waals surface area (Å²) >= 11 is 0. The molecule has 0 spiro atoms. The van der Waals surface area contributed by atoms with Crippen molar-refractivity contribution < 1.29 is 28.3 Å². The minimum absolute atomic E-state index is 0.00430. The first kappa shape index (κ1) is 38.7. The molecule has 2 heterocycles. The van der Waals surface area contributed by atoms with Gasteiger partial charge in [0.2, 0.25) is 25.9 Å². The molecular formula is C39H54N6O6Si. The van der Waals surface area contributed by atoms with Gasteiger partial charge in [-0.1, -0.05) is 82.5 Å². The van der Waals surface area contributed by atoms with Crippen LogP contribution in [0.5, 0.6) is 5.75 Å². The minimum atomic E-state index is -2.11. The average Bonchev–Trinajstić information content (AvgIpc) is 3.82. The van der Waals surface area contributed by atoms with Crippen molar-refractivity contribution in [1.29, 1.82) is 0 Å². The highest BCUT2D eigenvalue weighted by atomic mass is 28.4. The molecule has 0 bridgehead atoms. The normalized spacial score (nSPS) is 18.0. The molecule has 2 aromatic carbocycles. The summed E-state index contributed by atoms with van der Waals surface area (Å²) in [4.78, 5) is 58.9. The Morgan fingerprint density at radius 1 is 0.981 bits per heavy atom. The third kappa shape index (κ3) is 9.09. The van der Waals surface area contributed by atoms with Gasteiger partial charge in [0.15, 0.2) is 5.69 Å². The molecule has 0 unspecified atom stereocenters. The Morgan fingerprint density at radius 2 is 1.69 bits per heavy atom. The molecule has 52 heavy (non-hydrogen) atoms. The smallest absolute Gasteiger partial charge is 0.410 e. The number of nitrogens with one attached hydrogen (secondary N) is 1. The lowest BCUT2D eigenvalue weighted by atomic mass is 9.83. The van der Waals surface area contributed by atoms with Crippen molar-refractivity contribution in [3.05, 3.63) is 77.6 Å². The van der Waals surface area contributed by atoms with E-state index in [0.29, 0.717) is 24.3 Å². The SMILES string of the molecule is C[C@@H](C(=O)N[C@H](C(=O)N1CCC[C@@H]1n1ncc(C(=O)c2cccc(O[Si](C)(C)C(C)(C)C)c2)n1)C1CCCCC1)N(C)C(=O)OCc1ccccc1. The second kappa shape index (κ2) is 16.4. The maximum Gasteiger partial charge on any atom is 0.410 e. The summed E-state index contributed by atoms with van der Waals surface area (Å²) in [5.41, 5.74) is 1.47. The van der Waals surface area contributed by atoms with E-state index in [4.69, 9.17) is 9.16 Å². The fourth-order valence-corrected chi connectivity index (χ4v) is 7.54. The summed E-state index contributed by atoms with van der Waals surface area (Å²) in [5.74, 6) is -0.306. The summed E-state index contributed by atoms with van der Waals surface area (Å²) in [6.07, 6.45) is 6.32. The number of carbonyl (C=O) groups excluding carboxylic acids is 4. The van der Waals surface area contributed by atoms with Gasteiger partial charge in [-0.25, -0.2) is 4.79 Å². The number of aromatic nitrogens is 3. The van der Waals surface area contributed by atoms with Crippen LogP contribution in [0.3, 0.4) is 0 Å². The van der Waals surface area contributed by atoms with E-state index < -0.39 is 38.6 Å². The highest BCUT2D eigenvalue weighted by Crippen LogP contribution is 2.38. The van der Waals surface area contributed by atoms with E-state index in [1.807, 2.05) is 42.5 Å². The van der Waals surface area contributed by atoms with Crippen molar-refractivity contribution in [1.82, 2.24) is 30.1 Å². The van der Waals surface area contributed by atoms with Gasteiger partial charge in [0.1, 0.15) is 30.6 Å². The van der Waals surface area contributed by atoms with Gasteiger partial charge in [-0.3, -0.25) is 19.3 Å². The Bertz CT molecular complexity index is 1720. The molecular weight excluding hydrogens is 677 g/mol. The van der Waals surface area contributed by atoms with E-state index in [9.17, 15) is 19.2 Å². The zero-order valence-electron chi connectivity index (χ0n) is 31.6. The van der Waals surface area contributed by atoms with Crippen LogP contribution in [0.4, 0.5) is 4.79 Å². The van der Waals surface area contributed by atoms with Crippen molar-refractivity contribution in [2.45, 2.75) is 116 Å². The largest absolute Gasteiger partial charge is 0.543 e. The quantitative estimate of drug-likeness (QED) is 0.160. The number of hydrogen-bond acceptors (Lipinski definition) is 8. The zero-order valence-corrected chi connectivity index (χ0v) is 32.6. The predicted octanol–water partition coefficient (Wildman–Crippen LogP) is 6.74. The van der Waals surface area contributed by atoms with Crippen molar-refractivity contribution in [3.63, 3.8) is 0 Å². The average molecular weight is 731 g/mol. The number of ketones is 1. The minimum Gasteiger partial charge on any atom is -0.543 e. The van der Waals surface area contributed by atoms with Gasteiger partial charge in [0.05, 0.1) is 6.20 Å². The number of carbonyl (C=O) groups is 4. The molecule has 1 saturated carbocycles. The first-order chi connectivity index (χ1) is 24.7. The molecule has 1 aliphatic heterocycles. The molecule has 5 rings (SSSR count). The maximum atomic E-state index is 14.4. The van der Waals surface area contributed by atoms with Crippen molar-refractivity contribution in [3.8, 4) is 5.75 Å². The maximum absolute atomic E-state index is 14.4. The van der Waals surface area contributed by atoms with Crippen molar-refractivity contribution in [2.75, 3.05) is 13.6 Å². The van der Waals surface area contributed by atoms with Gasteiger partial charge in [-0.2, -0.15) is 9.90 Å². The number of rotatable bonds is 12. The number of benzene rings is 2. The van der Waals surface area contributed by atoms with Crippen molar-refractivity contribution in [2.24, 2.45) is 5.92 Å². The summed E-state index contributed by atoms with van der Waals surface area (Å²) in [6.45, 7) is 13.0. The Kier molecular flexibility index (Phi) is 12.2. The molecule has 3 amide bonds. The number of likely N-dealkylation sites (tertiary alicyclic amines) is 1. The third-order valence-corrected chi connectivity index (χ3v) is 15.3. The zero-order chi connectivity index (χ0) is 37.6. The molecule has 2 aliphatic rings. The van der Waals surface area contributed by atoms with E-state index in [-0.39, 0.29) is 34.9 Å². The van der Waals surface area contributed by atoms with Crippen LogP contribution in [-0.4, -0.2) is 82.5 Å². The third-order valence-electron chi connectivity index (χ3n) is 10.9. The predicted molar refractivity (Wildman–Crippen MR) is 200 cm³/mol. The van der Waals surface area contributed by atoms with Crippen LogP contribution in [0.1, 0.15) is 100 Å². The van der Waals surface area contributed by atoms with Crippen molar-refractivity contribution >= 4 is 32.0 Å². The molecule has 1 aliphatic carbocycles. The highest BCUT2D eigenvalue weighted by molar-refractivity contribution is 6.74. The standard InChI is InChI=1S/C39H54N6O6Si/c1-27(43(5)38(49)50-26-28-16-10-8-11-17-28)36(47)41-34(29-18-12-9-13-19-29)37(48)44-23-15-22-33(44)45-40-25-32(42-45)35(46)30-20-14-21-31(24-30)51-52(6,7)39(2,3)4/h8,10-11,14,16-17,20-21,24-25,27,29,33-34H,9,12-13,15,18-19,22-23,26H2,1-7H3,(H,41,47)/t27-,33-,34-/m0/s1. The summed E-state index contributed by atoms with van der Waals surface area (Å²) < 4.78 is 11.9. The second-order valence-electron chi connectivity index (χ2n) is 15.6. The molecule has 2 fully saturated rings. The fourth-order valence-electron chi connectivity index (χ4n) is 6.52. The van der Waals surface area contributed by atoms with Gasteiger partial charge in [-0.15, -0.1) is 5.10 Å². The number of hydrogen-bond donors (Lipinski definition) is 1. The van der Waals surface area contributed by atoms with Crippen LogP contribution >= 0.6 is 0 Å². The molecule has 0 radical (unpaired) electrons. The molecule has 3 aromatic rings. The Hall–Kier alpha value is -4.52. The highest BCUT2D eigenvalue weighted by Gasteiger charge is 2.41. The second-order valence-corrected chi connectivity index (χ2v) is 20.4. The lowest BCUT2D eigenvalue weighted by molar-refractivity contribution is -0.141. The molecule has 3 atom stereocenters. The van der Waals surface area contributed by atoms with Gasteiger partial charge < -0.3 is 19.4 Å². The van der Waals surface area contributed by atoms with Crippen LogP contribution in [-0.2, 0) is 20.9 Å². The van der Waals surface area contributed by atoms with Crippen LogP contribution in [0.15, 0.2) is 60.8 Å². The van der Waals surface area contributed by atoms with E-state index in [1.54, 1.807) is 24.0 Å². The molecule has 1 aromatic heterocycles. The van der Waals surface area contributed by atoms with Gasteiger partial charge in [0, 0.05) is 19.2 Å². The fraction of sp³-hybridized carbons (Fsp3) is 0.538.